The van der Waals surface area contributed by atoms with Crippen LogP contribution >= 0.6 is 0 Å². The predicted octanol–water partition coefficient (Wildman–Crippen LogP) is 3.74. The first-order valence-electron chi connectivity index (χ1n) is 9.00. The molecular weight excluding hydrogens is 345 g/mol. The number of amides is 1. The molecule has 0 bridgehead atoms. The number of aromatic nitrogens is 1. The van der Waals surface area contributed by atoms with Crippen molar-refractivity contribution in [1.29, 1.82) is 0 Å². The highest BCUT2D eigenvalue weighted by Crippen LogP contribution is 2.24. The highest BCUT2D eigenvalue weighted by Gasteiger charge is 2.24. The molecule has 2 heterocycles. The molecule has 2 aromatic carbocycles. The quantitative estimate of drug-likeness (QED) is 0.748. The lowest BCUT2D eigenvalue weighted by Gasteiger charge is -2.18. The Hall–Kier alpha value is -3.15. The molecule has 6 heteroatoms. The van der Waals surface area contributed by atoms with Crippen molar-refractivity contribution in [3.05, 3.63) is 72.2 Å². The second-order valence-electron chi connectivity index (χ2n) is 6.70. The molecular formula is C21H20FN3O2. The van der Waals surface area contributed by atoms with Crippen molar-refractivity contribution in [2.24, 2.45) is 5.92 Å². The molecule has 138 valence electrons. The molecule has 1 aliphatic heterocycles. The third-order valence-corrected chi connectivity index (χ3v) is 4.84. The van der Waals surface area contributed by atoms with Crippen LogP contribution in [0.15, 0.2) is 65.2 Å². The third-order valence-electron chi connectivity index (χ3n) is 4.84. The Labute approximate surface area is 156 Å². The van der Waals surface area contributed by atoms with Gasteiger partial charge < -0.3 is 14.7 Å². The summed E-state index contributed by atoms with van der Waals surface area (Å²) < 4.78 is 19.0. The van der Waals surface area contributed by atoms with E-state index in [0.29, 0.717) is 18.0 Å². The lowest BCUT2D eigenvalue weighted by molar-refractivity contribution is 0.0939. The number of rotatable bonds is 5. The van der Waals surface area contributed by atoms with Crippen LogP contribution in [0.2, 0.25) is 0 Å². The van der Waals surface area contributed by atoms with Crippen LogP contribution in [0.5, 0.6) is 0 Å². The van der Waals surface area contributed by atoms with Gasteiger partial charge in [-0.1, -0.05) is 35.5 Å². The molecule has 0 saturated carbocycles. The number of carbonyl (C=O) groups is 1. The minimum atomic E-state index is -0.410. The summed E-state index contributed by atoms with van der Waals surface area (Å²) in [5.41, 5.74) is 1.65. The van der Waals surface area contributed by atoms with Crippen LogP contribution in [0.1, 0.15) is 16.9 Å². The first-order valence-corrected chi connectivity index (χ1v) is 9.00. The third kappa shape index (κ3) is 3.84. The summed E-state index contributed by atoms with van der Waals surface area (Å²) in [5.74, 6) is -0.0893. The average Bonchev–Trinajstić information content (AvgIpc) is 3.37. The van der Waals surface area contributed by atoms with E-state index in [-0.39, 0.29) is 17.4 Å². The first kappa shape index (κ1) is 17.3. The fourth-order valence-electron chi connectivity index (χ4n) is 3.37. The van der Waals surface area contributed by atoms with Crippen LogP contribution in [-0.2, 0) is 0 Å². The smallest absolute Gasteiger partial charge is 0.273 e. The van der Waals surface area contributed by atoms with E-state index in [1.54, 1.807) is 18.2 Å². The maximum absolute atomic E-state index is 13.8. The van der Waals surface area contributed by atoms with Gasteiger partial charge >= 0.3 is 0 Å². The van der Waals surface area contributed by atoms with E-state index < -0.39 is 5.82 Å². The fourth-order valence-corrected chi connectivity index (χ4v) is 3.37. The van der Waals surface area contributed by atoms with Crippen LogP contribution in [0, 0.1) is 11.7 Å². The second kappa shape index (κ2) is 7.61. The highest BCUT2D eigenvalue weighted by molar-refractivity contribution is 5.93. The van der Waals surface area contributed by atoms with Crippen molar-refractivity contribution < 1.29 is 13.7 Å². The van der Waals surface area contributed by atoms with E-state index >= 15 is 0 Å². The van der Waals surface area contributed by atoms with Crippen molar-refractivity contribution >= 4 is 11.6 Å². The largest absolute Gasteiger partial charge is 0.371 e. The molecule has 0 aliphatic carbocycles. The number of benzene rings is 2. The van der Waals surface area contributed by atoms with Gasteiger partial charge in [-0.3, -0.25) is 4.79 Å². The summed E-state index contributed by atoms with van der Waals surface area (Å²) in [6, 6.07) is 18.0. The van der Waals surface area contributed by atoms with Crippen molar-refractivity contribution in [2.75, 3.05) is 24.5 Å². The van der Waals surface area contributed by atoms with Gasteiger partial charge in [-0.2, -0.15) is 0 Å². The number of anilines is 1. The zero-order valence-electron chi connectivity index (χ0n) is 14.8. The van der Waals surface area contributed by atoms with Crippen LogP contribution in [0.4, 0.5) is 10.1 Å². The van der Waals surface area contributed by atoms with Crippen molar-refractivity contribution in [3.8, 4) is 11.3 Å². The fraction of sp³-hybridized carbons (Fsp3) is 0.238. The molecule has 0 unspecified atom stereocenters. The van der Waals surface area contributed by atoms with Gasteiger partial charge in [0.1, 0.15) is 5.82 Å². The topological polar surface area (TPSA) is 58.4 Å². The van der Waals surface area contributed by atoms with Gasteiger partial charge in [0.05, 0.1) is 5.56 Å². The van der Waals surface area contributed by atoms with Gasteiger partial charge in [0.2, 0.25) is 0 Å². The molecule has 27 heavy (non-hydrogen) atoms. The van der Waals surface area contributed by atoms with E-state index in [4.69, 9.17) is 4.52 Å². The molecule has 1 fully saturated rings. The van der Waals surface area contributed by atoms with Gasteiger partial charge in [-0.15, -0.1) is 0 Å². The minimum Gasteiger partial charge on any atom is -0.371 e. The van der Waals surface area contributed by atoms with Crippen LogP contribution in [0.25, 0.3) is 11.3 Å². The summed E-state index contributed by atoms with van der Waals surface area (Å²) >= 11 is 0. The number of nitrogens with one attached hydrogen (secondary N) is 1. The Morgan fingerprint density at radius 1 is 1.19 bits per heavy atom. The Balaban J connectivity index is 1.33. The highest BCUT2D eigenvalue weighted by atomic mass is 19.1. The molecule has 0 spiro atoms. The Morgan fingerprint density at radius 2 is 1.96 bits per heavy atom. The van der Waals surface area contributed by atoms with E-state index in [9.17, 15) is 9.18 Å². The van der Waals surface area contributed by atoms with Crippen LogP contribution in [-0.4, -0.2) is 30.7 Å². The Morgan fingerprint density at radius 3 is 2.78 bits per heavy atom. The average molecular weight is 365 g/mol. The number of para-hydroxylation sites is 1. The monoisotopic (exact) mass is 365 g/mol. The molecule has 1 aliphatic rings. The standard InChI is InChI=1S/C21H20FN3O2/c22-18-9-5-4-8-17(18)20-12-19(24-27-20)21(26)23-13-15-10-11-25(14-15)16-6-2-1-3-7-16/h1-9,12,15H,10-11,13-14H2,(H,23,26)/t15-/m1/s1. The molecule has 1 N–H and O–H groups in total. The van der Waals surface area contributed by atoms with Crippen LogP contribution < -0.4 is 10.2 Å². The molecule has 0 radical (unpaired) electrons. The van der Waals surface area contributed by atoms with Crippen molar-refractivity contribution in [2.45, 2.75) is 6.42 Å². The number of hydrogen-bond acceptors (Lipinski definition) is 4. The number of hydrogen-bond donors (Lipinski definition) is 1. The maximum atomic E-state index is 13.8. The predicted molar refractivity (Wildman–Crippen MR) is 101 cm³/mol. The molecule has 4 rings (SSSR count). The Kier molecular flexibility index (Phi) is 4.87. The zero-order chi connectivity index (χ0) is 18.6. The summed E-state index contributed by atoms with van der Waals surface area (Å²) in [6.07, 6.45) is 1.02. The maximum Gasteiger partial charge on any atom is 0.273 e. The number of nitrogens with zero attached hydrogens (tertiary/aromatic N) is 2. The molecule has 1 aromatic heterocycles. The van der Waals surface area contributed by atoms with Gasteiger partial charge in [-0.05, 0) is 36.6 Å². The van der Waals surface area contributed by atoms with Crippen molar-refractivity contribution in [3.63, 3.8) is 0 Å². The minimum absolute atomic E-state index is 0.158. The zero-order valence-corrected chi connectivity index (χ0v) is 14.8. The van der Waals surface area contributed by atoms with Gasteiger partial charge in [0.25, 0.3) is 5.91 Å². The SMILES string of the molecule is O=C(NC[C@H]1CCN(c2ccccc2)C1)c1cc(-c2ccccc2F)on1. The van der Waals surface area contributed by atoms with E-state index in [1.165, 1.54) is 17.8 Å². The summed E-state index contributed by atoms with van der Waals surface area (Å²) in [4.78, 5) is 14.7. The lowest BCUT2D eigenvalue weighted by Crippen LogP contribution is -2.31. The van der Waals surface area contributed by atoms with Gasteiger partial charge in [-0.25, -0.2) is 4.39 Å². The Bertz CT molecular complexity index is 926. The van der Waals surface area contributed by atoms with Crippen LogP contribution in [0.3, 0.4) is 0 Å². The lowest BCUT2D eigenvalue weighted by atomic mass is 10.1. The molecule has 3 aromatic rings. The summed E-state index contributed by atoms with van der Waals surface area (Å²) in [6.45, 7) is 2.46. The molecule has 1 amide bonds. The van der Waals surface area contributed by atoms with E-state index in [0.717, 1.165) is 19.5 Å². The summed E-state index contributed by atoms with van der Waals surface area (Å²) in [7, 11) is 0. The molecule has 1 saturated heterocycles. The van der Waals surface area contributed by atoms with Crippen molar-refractivity contribution in [1.82, 2.24) is 10.5 Å². The van der Waals surface area contributed by atoms with Gasteiger partial charge in [0.15, 0.2) is 11.5 Å². The second-order valence-corrected chi connectivity index (χ2v) is 6.70. The normalized spacial score (nSPS) is 16.5. The van der Waals surface area contributed by atoms with E-state index in [1.807, 2.05) is 18.2 Å². The number of halogens is 1. The molecule has 1 atom stereocenters. The summed E-state index contributed by atoms with van der Waals surface area (Å²) in [5, 5.41) is 6.69. The first-order chi connectivity index (χ1) is 13.2. The number of carbonyl (C=O) groups excluding carboxylic acids is 1. The molecule has 5 nitrogen and oxygen atoms in total. The van der Waals surface area contributed by atoms with E-state index in [2.05, 4.69) is 27.5 Å². The van der Waals surface area contributed by atoms with Gasteiger partial charge in [0, 0.05) is 31.4 Å².